The third kappa shape index (κ3) is 3.73. The van der Waals surface area contributed by atoms with Crippen LogP contribution in [0.2, 0.25) is 0 Å². The predicted molar refractivity (Wildman–Crippen MR) is 95.0 cm³/mol. The number of nitrogens with zero attached hydrogens (tertiary/aromatic N) is 1. The van der Waals surface area contributed by atoms with Crippen LogP contribution in [-0.4, -0.2) is 23.4 Å². The maximum atomic E-state index is 12.6. The number of nitrogens with two attached hydrogens (primary N) is 1. The van der Waals surface area contributed by atoms with Gasteiger partial charge in [-0.3, -0.25) is 4.79 Å². The van der Waals surface area contributed by atoms with Gasteiger partial charge in [-0.1, -0.05) is 42.8 Å². The van der Waals surface area contributed by atoms with Crippen LogP contribution in [0.15, 0.2) is 42.5 Å². The lowest BCUT2D eigenvalue weighted by molar-refractivity contribution is -0.132. The summed E-state index contributed by atoms with van der Waals surface area (Å²) in [4.78, 5) is 14.6. The fourth-order valence-electron chi connectivity index (χ4n) is 3.61. The van der Waals surface area contributed by atoms with Gasteiger partial charge in [0.05, 0.1) is 0 Å². The summed E-state index contributed by atoms with van der Waals surface area (Å²) >= 11 is 0. The third-order valence-corrected chi connectivity index (χ3v) is 5.08. The topological polar surface area (TPSA) is 46.3 Å². The molecule has 1 saturated carbocycles. The van der Waals surface area contributed by atoms with Crippen molar-refractivity contribution in [2.24, 2.45) is 11.7 Å². The van der Waals surface area contributed by atoms with E-state index in [0.29, 0.717) is 18.9 Å². The smallest absolute Gasteiger partial charge is 0.223 e. The Hall–Kier alpha value is -1.87. The quantitative estimate of drug-likeness (QED) is 0.915. The molecule has 2 aromatic carbocycles. The number of amides is 1. The molecule has 3 nitrogen and oxygen atoms in total. The number of rotatable bonds is 5. The largest absolute Gasteiger partial charge is 0.339 e. The van der Waals surface area contributed by atoms with Crippen LogP contribution in [0.25, 0.3) is 10.8 Å². The third-order valence-electron chi connectivity index (χ3n) is 5.08. The van der Waals surface area contributed by atoms with Crippen LogP contribution in [0.1, 0.15) is 38.2 Å². The molecule has 1 aliphatic rings. The van der Waals surface area contributed by atoms with Gasteiger partial charge in [0, 0.05) is 25.6 Å². The molecule has 0 spiro atoms. The number of carbonyl (C=O) groups is 1. The lowest BCUT2D eigenvalue weighted by atomic mass is 9.99. The average molecular weight is 310 g/mol. The van der Waals surface area contributed by atoms with E-state index in [4.69, 9.17) is 5.73 Å². The Bertz CT molecular complexity index is 682. The zero-order valence-corrected chi connectivity index (χ0v) is 13.9. The Balaban J connectivity index is 1.68. The summed E-state index contributed by atoms with van der Waals surface area (Å²) in [5.41, 5.74) is 7.30. The molecule has 0 aromatic heterocycles. The molecule has 0 saturated heterocycles. The van der Waals surface area contributed by atoms with E-state index in [1.807, 2.05) is 11.8 Å². The van der Waals surface area contributed by atoms with Crippen molar-refractivity contribution in [1.29, 1.82) is 0 Å². The van der Waals surface area contributed by atoms with Crippen LogP contribution >= 0.6 is 0 Å². The van der Waals surface area contributed by atoms with Crippen LogP contribution in [-0.2, 0) is 11.3 Å². The fraction of sp³-hybridized carbons (Fsp3) is 0.450. The van der Waals surface area contributed by atoms with Gasteiger partial charge in [0.1, 0.15) is 0 Å². The summed E-state index contributed by atoms with van der Waals surface area (Å²) in [6, 6.07) is 15.0. The first-order valence-electron chi connectivity index (χ1n) is 8.68. The van der Waals surface area contributed by atoms with E-state index in [-0.39, 0.29) is 11.9 Å². The lowest BCUT2D eigenvalue weighted by Gasteiger charge is -2.24. The van der Waals surface area contributed by atoms with Crippen molar-refractivity contribution in [3.05, 3.63) is 48.0 Å². The molecular formula is C20H26N2O. The molecule has 3 heteroatoms. The number of benzene rings is 2. The molecule has 1 fully saturated rings. The van der Waals surface area contributed by atoms with E-state index in [1.165, 1.54) is 16.3 Å². The summed E-state index contributed by atoms with van der Waals surface area (Å²) in [5, 5.41) is 2.47. The summed E-state index contributed by atoms with van der Waals surface area (Å²) in [6.07, 6.45) is 3.92. The van der Waals surface area contributed by atoms with Gasteiger partial charge in [0.2, 0.25) is 5.91 Å². The second-order valence-corrected chi connectivity index (χ2v) is 6.65. The van der Waals surface area contributed by atoms with E-state index in [0.717, 1.165) is 25.8 Å². The second kappa shape index (κ2) is 7.14. The minimum absolute atomic E-state index is 0.207. The van der Waals surface area contributed by atoms with E-state index < -0.39 is 0 Å². The number of fused-ring (bicyclic) bond motifs is 1. The molecule has 0 heterocycles. The van der Waals surface area contributed by atoms with Crippen LogP contribution in [0.3, 0.4) is 0 Å². The molecule has 2 aromatic rings. The van der Waals surface area contributed by atoms with E-state index in [1.54, 1.807) is 0 Å². The molecule has 0 radical (unpaired) electrons. The predicted octanol–water partition coefficient (Wildman–Crippen LogP) is 3.71. The average Bonchev–Trinajstić information content (AvgIpc) is 2.97. The van der Waals surface area contributed by atoms with E-state index in [2.05, 4.69) is 42.5 Å². The van der Waals surface area contributed by atoms with Crippen molar-refractivity contribution < 1.29 is 4.79 Å². The SMILES string of the molecule is CCN(Cc1ccc2ccccc2c1)C(=O)C[C@@H]1CCC[C@H]1N. The maximum absolute atomic E-state index is 12.6. The van der Waals surface area contributed by atoms with E-state index >= 15 is 0 Å². The van der Waals surface area contributed by atoms with E-state index in [9.17, 15) is 4.79 Å². The van der Waals surface area contributed by atoms with Gasteiger partial charge in [-0.15, -0.1) is 0 Å². The molecule has 3 rings (SSSR count). The minimum atomic E-state index is 0.207. The van der Waals surface area contributed by atoms with Crippen molar-refractivity contribution in [2.45, 2.75) is 45.2 Å². The Kier molecular flexibility index (Phi) is 4.97. The van der Waals surface area contributed by atoms with Gasteiger partial charge < -0.3 is 10.6 Å². The standard InChI is InChI=1S/C20H26N2O/c1-2-22(20(23)13-18-8-5-9-19(18)21)14-15-10-11-16-6-3-4-7-17(16)12-15/h3-4,6-7,10-12,18-19H,2,5,8-9,13-14,21H2,1H3/t18-,19+/m0/s1. The van der Waals surface area contributed by atoms with Gasteiger partial charge in [0.25, 0.3) is 0 Å². The summed E-state index contributed by atoms with van der Waals surface area (Å²) in [5.74, 6) is 0.608. The van der Waals surface area contributed by atoms with Crippen molar-refractivity contribution in [3.8, 4) is 0 Å². The first kappa shape index (κ1) is 16.0. The Morgan fingerprint density at radius 3 is 2.65 bits per heavy atom. The van der Waals surface area contributed by atoms with Crippen molar-refractivity contribution in [3.63, 3.8) is 0 Å². The molecule has 23 heavy (non-hydrogen) atoms. The highest BCUT2D eigenvalue weighted by molar-refractivity contribution is 5.83. The normalized spacial score (nSPS) is 20.8. The zero-order valence-electron chi connectivity index (χ0n) is 13.9. The Morgan fingerprint density at radius 2 is 1.96 bits per heavy atom. The van der Waals surface area contributed by atoms with Gasteiger partial charge in [0.15, 0.2) is 0 Å². The number of hydrogen-bond donors (Lipinski definition) is 1. The van der Waals surface area contributed by atoms with Crippen molar-refractivity contribution >= 4 is 16.7 Å². The monoisotopic (exact) mass is 310 g/mol. The van der Waals surface area contributed by atoms with Gasteiger partial charge >= 0.3 is 0 Å². The summed E-state index contributed by atoms with van der Waals surface area (Å²) in [6.45, 7) is 3.48. The Morgan fingerprint density at radius 1 is 1.17 bits per heavy atom. The highest BCUT2D eigenvalue weighted by Crippen LogP contribution is 2.27. The first-order valence-corrected chi connectivity index (χ1v) is 8.68. The van der Waals surface area contributed by atoms with Gasteiger partial charge in [-0.2, -0.15) is 0 Å². The van der Waals surface area contributed by atoms with Crippen LogP contribution < -0.4 is 5.73 Å². The van der Waals surface area contributed by atoms with Crippen LogP contribution in [0.5, 0.6) is 0 Å². The molecule has 1 aliphatic carbocycles. The number of carbonyl (C=O) groups excluding carboxylic acids is 1. The molecule has 0 bridgehead atoms. The molecule has 2 N–H and O–H groups in total. The summed E-state index contributed by atoms with van der Waals surface area (Å²) in [7, 11) is 0. The number of hydrogen-bond acceptors (Lipinski definition) is 2. The minimum Gasteiger partial charge on any atom is -0.339 e. The molecule has 122 valence electrons. The Labute approximate surface area is 138 Å². The van der Waals surface area contributed by atoms with Gasteiger partial charge in [-0.25, -0.2) is 0 Å². The molecule has 2 atom stereocenters. The zero-order chi connectivity index (χ0) is 16.2. The molecule has 0 unspecified atom stereocenters. The summed E-state index contributed by atoms with van der Waals surface area (Å²) < 4.78 is 0. The van der Waals surface area contributed by atoms with Crippen molar-refractivity contribution in [1.82, 2.24) is 4.90 Å². The first-order chi connectivity index (χ1) is 11.2. The second-order valence-electron chi connectivity index (χ2n) is 6.65. The lowest BCUT2D eigenvalue weighted by Crippen LogP contribution is -2.34. The molecular weight excluding hydrogens is 284 g/mol. The molecule has 1 amide bonds. The highest BCUT2D eigenvalue weighted by atomic mass is 16.2. The highest BCUT2D eigenvalue weighted by Gasteiger charge is 2.27. The molecule has 0 aliphatic heterocycles. The van der Waals surface area contributed by atoms with Gasteiger partial charge in [-0.05, 0) is 48.1 Å². The van der Waals surface area contributed by atoms with Crippen LogP contribution in [0, 0.1) is 5.92 Å². The fourth-order valence-corrected chi connectivity index (χ4v) is 3.61. The van der Waals surface area contributed by atoms with Crippen molar-refractivity contribution in [2.75, 3.05) is 6.54 Å². The van der Waals surface area contributed by atoms with Crippen LogP contribution in [0.4, 0.5) is 0 Å². The maximum Gasteiger partial charge on any atom is 0.223 e.